The molecule has 0 spiro atoms. The van der Waals surface area contributed by atoms with E-state index >= 15 is 0 Å². The van der Waals surface area contributed by atoms with Crippen molar-refractivity contribution in [2.45, 2.75) is 18.9 Å². The quantitative estimate of drug-likeness (QED) is 0.894. The van der Waals surface area contributed by atoms with Gasteiger partial charge in [0.15, 0.2) is 0 Å². The van der Waals surface area contributed by atoms with Gasteiger partial charge in [-0.2, -0.15) is 0 Å². The molecule has 2 rings (SSSR count). The topological polar surface area (TPSA) is 32.3 Å². The van der Waals surface area contributed by atoms with Crippen molar-refractivity contribution in [3.05, 3.63) is 34.6 Å². The number of hydrogen-bond acceptors (Lipinski definition) is 2. The van der Waals surface area contributed by atoms with Gasteiger partial charge in [0.1, 0.15) is 5.82 Å². The molecule has 1 fully saturated rings. The molecule has 1 amide bonds. The first kappa shape index (κ1) is 13.3. The number of rotatable bonds is 2. The Labute approximate surface area is 111 Å². The van der Waals surface area contributed by atoms with Gasteiger partial charge in [-0.05, 0) is 38.1 Å². The molecule has 98 valence electrons. The van der Waals surface area contributed by atoms with Crippen LogP contribution < -0.4 is 5.32 Å². The summed E-state index contributed by atoms with van der Waals surface area (Å²) in [6, 6.07) is 4.51. The molecule has 0 aliphatic carbocycles. The lowest BCUT2D eigenvalue weighted by Gasteiger charge is -2.31. The molecule has 0 saturated carbocycles. The Bertz CT molecular complexity index is 447. The molecule has 1 heterocycles. The molecule has 0 atom stereocenters. The Kier molecular flexibility index (Phi) is 4.19. The van der Waals surface area contributed by atoms with Crippen LogP contribution in [-0.2, 0) is 0 Å². The summed E-state index contributed by atoms with van der Waals surface area (Å²) in [6.45, 7) is 1.80. The summed E-state index contributed by atoms with van der Waals surface area (Å²) >= 11 is 5.84. The van der Waals surface area contributed by atoms with E-state index in [0.29, 0.717) is 0 Å². The molecule has 0 radical (unpaired) electrons. The average molecular weight is 271 g/mol. The van der Waals surface area contributed by atoms with Gasteiger partial charge in [-0.25, -0.2) is 4.39 Å². The first-order chi connectivity index (χ1) is 8.61. The van der Waals surface area contributed by atoms with Crippen LogP contribution in [-0.4, -0.2) is 37.0 Å². The number of hydrogen-bond donors (Lipinski definition) is 1. The second kappa shape index (κ2) is 5.67. The second-order valence-electron chi connectivity index (χ2n) is 4.50. The predicted octanol–water partition coefficient (Wildman–Crippen LogP) is 2.30. The van der Waals surface area contributed by atoms with Crippen LogP contribution in [0.3, 0.4) is 0 Å². The highest BCUT2D eigenvalue weighted by atomic mass is 35.5. The molecular weight excluding hydrogens is 255 g/mol. The van der Waals surface area contributed by atoms with Crippen molar-refractivity contribution in [1.29, 1.82) is 0 Å². The molecule has 18 heavy (non-hydrogen) atoms. The van der Waals surface area contributed by atoms with Crippen LogP contribution in [0.25, 0.3) is 0 Å². The van der Waals surface area contributed by atoms with Gasteiger partial charge in [-0.15, -0.1) is 0 Å². The maximum absolute atomic E-state index is 13.3. The highest BCUT2D eigenvalue weighted by molar-refractivity contribution is 6.34. The standard InChI is InChI=1S/C13H16ClFN2O/c1-17(9-5-7-16-8-6-9)13(18)10-3-2-4-11(15)12(10)14/h2-4,9,16H,5-8H2,1H3. The molecule has 1 aromatic rings. The van der Waals surface area contributed by atoms with Crippen molar-refractivity contribution in [3.63, 3.8) is 0 Å². The highest BCUT2D eigenvalue weighted by Gasteiger charge is 2.24. The predicted molar refractivity (Wildman–Crippen MR) is 69.4 cm³/mol. The molecule has 0 bridgehead atoms. The summed E-state index contributed by atoms with van der Waals surface area (Å²) in [5.74, 6) is -0.771. The van der Waals surface area contributed by atoms with Crippen LogP contribution in [0.1, 0.15) is 23.2 Å². The Balaban J connectivity index is 2.17. The summed E-state index contributed by atoms with van der Waals surface area (Å²) in [6.07, 6.45) is 1.82. The van der Waals surface area contributed by atoms with Crippen molar-refractivity contribution in [2.24, 2.45) is 0 Å². The van der Waals surface area contributed by atoms with E-state index < -0.39 is 5.82 Å². The van der Waals surface area contributed by atoms with E-state index in [9.17, 15) is 9.18 Å². The normalized spacial score (nSPS) is 16.6. The fraction of sp³-hybridized carbons (Fsp3) is 0.462. The first-order valence-corrected chi connectivity index (χ1v) is 6.41. The molecule has 5 heteroatoms. The number of benzene rings is 1. The number of halogens is 2. The van der Waals surface area contributed by atoms with Crippen molar-refractivity contribution in [2.75, 3.05) is 20.1 Å². The Hall–Kier alpha value is -1.13. The zero-order valence-corrected chi connectivity index (χ0v) is 11.0. The summed E-state index contributed by atoms with van der Waals surface area (Å²) in [4.78, 5) is 13.9. The number of amides is 1. The molecule has 1 saturated heterocycles. The van der Waals surface area contributed by atoms with Crippen LogP contribution in [0.4, 0.5) is 4.39 Å². The lowest BCUT2D eigenvalue weighted by Crippen LogP contribution is -2.44. The van der Waals surface area contributed by atoms with E-state index in [1.54, 1.807) is 18.0 Å². The van der Waals surface area contributed by atoms with Gasteiger partial charge in [0, 0.05) is 13.1 Å². The third-order valence-corrected chi connectivity index (χ3v) is 3.74. The molecule has 0 unspecified atom stereocenters. The number of carbonyl (C=O) groups excluding carboxylic acids is 1. The first-order valence-electron chi connectivity index (χ1n) is 6.03. The van der Waals surface area contributed by atoms with Crippen LogP contribution in [0.15, 0.2) is 18.2 Å². The van der Waals surface area contributed by atoms with Crippen molar-refractivity contribution in [3.8, 4) is 0 Å². The summed E-state index contributed by atoms with van der Waals surface area (Å²) < 4.78 is 13.3. The minimum absolute atomic E-state index is 0.0942. The third-order valence-electron chi connectivity index (χ3n) is 3.36. The molecular formula is C13H16ClFN2O. The van der Waals surface area contributed by atoms with E-state index in [1.165, 1.54) is 12.1 Å². The third kappa shape index (κ3) is 2.65. The van der Waals surface area contributed by atoms with Gasteiger partial charge in [-0.1, -0.05) is 17.7 Å². The van der Waals surface area contributed by atoms with E-state index in [4.69, 9.17) is 11.6 Å². The maximum Gasteiger partial charge on any atom is 0.255 e. The van der Waals surface area contributed by atoms with Crippen LogP contribution in [0, 0.1) is 5.82 Å². The lowest BCUT2D eigenvalue weighted by molar-refractivity contribution is 0.0703. The molecule has 1 aliphatic rings. The van der Waals surface area contributed by atoms with E-state index in [0.717, 1.165) is 25.9 Å². The van der Waals surface area contributed by atoms with Crippen molar-refractivity contribution >= 4 is 17.5 Å². The van der Waals surface area contributed by atoms with Crippen LogP contribution >= 0.6 is 11.6 Å². The zero-order valence-electron chi connectivity index (χ0n) is 10.2. The molecule has 1 aromatic carbocycles. The Morgan fingerprint density at radius 2 is 2.11 bits per heavy atom. The highest BCUT2D eigenvalue weighted by Crippen LogP contribution is 2.22. The summed E-state index contributed by atoms with van der Waals surface area (Å²) in [5, 5.41) is 3.15. The average Bonchev–Trinajstić information content (AvgIpc) is 2.41. The van der Waals surface area contributed by atoms with E-state index in [1.807, 2.05) is 0 Å². The fourth-order valence-electron chi connectivity index (χ4n) is 2.22. The maximum atomic E-state index is 13.3. The summed E-state index contributed by atoms with van der Waals surface area (Å²) in [5.41, 5.74) is 0.234. The smallest absolute Gasteiger partial charge is 0.255 e. The number of carbonyl (C=O) groups is 1. The van der Waals surface area contributed by atoms with Crippen molar-refractivity contribution in [1.82, 2.24) is 10.2 Å². The van der Waals surface area contributed by atoms with Crippen molar-refractivity contribution < 1.29 is 9.18 Å². The van der Waals surface area contributed by atoms with E-state index in [2.05, 4.69) is 5.32 Å². The monoisotopic (exact) mass is 270 g/mol. The second-order valence-corrected chi connectivity index (χ2v) is 4.88. The largest absolute Gasteiger partial charge is 0.339 e. The fourth-order valence-corrected chi connectivity index (χ4v) is 2.43. The number of nitrogens with one attached hydrogen (secondary N) is 1. The minimum Gasteiger partial charge on any atom is -0.339 e. The number of nitrogens with zero attached hydrogens (tertiary/aromatic N) is 1. The van der Waals surface area contributed by atoms with Gasteiger partial charge in [0.25, 0.3) is 5.91 Å². The SMILES string of the molecule is CN(C(=O)c1cccc(F)c1Cl)C1CCNCC1. The van der Waals surface area contributed by atoms with Gasteiger partial charge in [-0.3, -0.25) is 4.79 Å². The minimum atomic E-state index is -0.554. The Morgan fingerprint density at radius 3 is 2.78 bits per heavy atom. The lowest BCUT2D eigenvalue weighted by atomic mass is 10.0. The van der Waals surface area contributed by atoms with E-state index in [-0.39, 0.29) is 22.5 Å². The summed E-state index contributed by atoms with van der Waals surface area (Å²) in [7, 11) is 1.75. The molecule has 0 aromatic heterocycles. The van der Waals surface area contributed by atoms with Gasteiger partial charge < -0.3 is 10.2 Å². The Morgan fingerprint density at radius 1 is 1.44 bits per heavy atom. The molecule has 1 N–H and O–H groups in total. The zero-order chi connectivity index (χ0) is 13.1. The van der Waals surface area contributed by atoms with Gasteiger partial charge in [0.05, 0.1) is 10.6 Å². The van der Waals surface area contributed by atoms with Gasteiger partial charge >= 0.3 is 0 Å². The number of piperidine rings is 1. The molecule has 1 aliphatic heterocycles. The van der Waals surface area contributed by atoms with Crippen LogP contribution in [0.5, 0.6) is 0 Å². The molecule has 3 nitrogen and oxygen atoms in total. The van der Waals surface area contributed by atoms with Crippen LogP contribution in [0.2, 0.25) is 5.02 Å². The van der Waals surface area contributed by atoms with Gasteiger partial charge in [0.2, 0.25) is 0 Å².